The van der Waals surface area contributed by atoms with E-state index >= 15 is 0 Å². The number of rotatable bonds is 4. The third-order valence-electron chi connectivity index (χ3n) is 4.75. The number of carbonyl (C=O) groups is 2. The fourth-order valence-electron chi connectivity index (χ4n) is 3.46. The summed E-state index contributed by atoms with van der Waals surface area (Å²) >= 11 is 0. The molecule has 0 aliphatic carbocycles. The first-order valence-corrected chi connectivity index (χ1v) is 8.51. The lowest BCUT2D eigenvalue weighted by molar-refractivity contribution is -0.125. The lowest BCUT2D eigenvalue weighted by Gasteiger charge is -2.25. The van der Waals surface area contributed by atoms with Gasteiger partial charge in [-0.15, -0.1) is 0 Å². The maximum Gasteiger partial charge on any atom is 0.319 e. The molecule has 2 aromatic carbocycles. The fourth-order valence-corrected chi connectivity index (χ4v) is 3.46. The largest absolute Gasteiger partial charge is 0.333 e. The summed E-state index contributed by atoms with van der Waals surface area (Å²) in [6, 6.07) is 14.9. The normalized spacial score (nSPS) is 19.3. The Morgan fingerprint density at radius 3 is 2.54 bits per heavy atom. The van der Waals surface area contributed by atoms with Crippen LogP contribution in [0, 0.1) is 5.82 Å². The first-order chi connectivity index (χ1) is 12.6. The first-order valence-electron chi connectivity index (χ1n) is 8.51. The number of halogens is 1. The third kappa shape index (κ3) is 2.94. The van der Waals surface area contributed by atoms with Crippen LogP contribution in [0.15, 0.2) is 65.9 Å². The van der Waals surface area contributed by atoms with Crippen LogP contribution in [0.2, 0.25) is 0 Å². The number of carbonyl (C=O) groups excluding carboxylic acids is 2. The second-order valence-corrected chi connectivity index (χ2v) is 6.41. The summed E-state index contributed by atoms with van der Waals surface area (Å²) in [5.74, 6) is -0.612. The lowest BCUT2D eigenvalue weighted by atomic mass is 9.96. The molecule has 2 aliphatic heterocycles. The molecule has 0 saturated carbocycles. The average Bonchev–Trinajstić information content (AvgIpc) is 2.96. The molecule has 2 aliphatic rings. The fraction of sp³-hybridized carbons (Fsp3) is 0.200. The molecular weight excluding hydrogens is 333 g/mol. The Morgan fingerprint density at radius 1 is 1.04 bits per heavy atom. The molecule has 4 rings (SSSR count). The van der Waals surface area contributed by atoms with E-state index in [1.54, 1.807) is 23.1 Å². The smallest absolute Gasteiger partial charge is 0.319 e. The van der Waals surface area contributed by atoms with E-state index in [2.05, 4.69) is 10.6 Å². The molecule has 5 nitrogen and oxygen atoms in total. The molecule has 0 saturated heterocycles. The van der Waals surface area contributed by atoms with E-state index in [0.717, 1.165) is 12.0 Å². The van der Waals surface area contributed by atoms with Gasteiger partial charge in [-0.3, -0.25) is 4.79 Å². The Bertz CT molecular complexity index is 895. The van der Waals surface area contributed by atoms with Crippen molar-refractivity contribution in [2.24, 2.45) is 0 Å². The number of amides is 3. The van der Waals surface area contributed by atoms with Gasteiger partial charge in [0.15, 0.2) is 0 Å². The zero-order valence-electron chi connectivity index (χ0n) is 14.0. The van der Waals surface area contributed by atoms with Crippen molar-refractivity contribution < 1.29 is 14.0 Å². The molecule has 2 N–H and O–H groups in total. The second-order valence-electron chi connectivity index (χ2n) is 6.41. The van der Waals surface area contributed by atoms with Crippen LogP contribution in [0.1, 0.15) is 17.2 Å². The highest BCUT2D eigenvalue weighted by atomic mass is 19.1. The molecule has 2 heterocycles. The predicted octanol–water partition coefficient (Wildman–Crippen LogP) is 2.52. The summed E-state index contributed by atoms with van der Waals surface area (Å²) < 4.78 is 14.2. The molecule has 6 heteroatoms. The number of urea groups is 1. The number of nitrogens with zero attached hydrogens (tertiary/aromatic N) is 1. The Balaban J connectivity index is 1.57. The number of hydrogen-bond donors (Lipinski definition) is 2. The van der Waals surface area contributed by atoms with Gasteiger partial charge in [0.05, 0.1) is 23.9 Å². The average molecular weight is 351 g/mol. The van der Waals surface area contributed by atoms with E-state index in [-0.39, 0.29) is 5.91 Å². The minimum atomic E-state index is -0.769. The summed E-state index contributed by atoms with van der Waals surface area (Å²) in [5.41, 5.74) is 2.41. The number of benzene rings is 2. The second kappa shape index (κ2) is 6.63. The van der Waals surface area contributed by atoms with E-state index in [1.807, 2.05) is 30.3 Å². The van der Waals surface area contributed by atoms with Gasteiger partial charge in [0.1, 0.15) is 5.82 Å². The third-order valence-corrected chi connectivity index (χ3v) is 4.75. The number of nitrogens with one attached hydrogen (secondary N) is 2. The zero-order valence-corrected chi connectivity index (χ0v) is 14.0. The van der Waals surface area contributed by atoms with Crippen LogP contribution in [0.25, 0.3) is 0 Å². The van der Waals surface area contributed by atoms with Gasteiger partial charge in [0.2, 0.25) is 0 Å². The molecule has 0 aromatic heterocycles. The van der Waals surface area contributed by atoms with Crippen molar-refractivity contribution >= 4 is 11.9 Å². The van der Waals surface area contributed by atoms with Crippen LogP contribution in [-0.4, -0.2) is 29.9 Å². The minimum Gasteiger partial charge on any atom is -0.333 e. The van der Waals surface area contributed by atoms with Crippen molar-refractivity contribution in [2.75, 3.05) is 13.1 Å². The maximum atomic E-state index is 14.2. The molecular formula is C20H18FN3O2. The zero-order chi connectivity index (χ0) is 18.1. The predicted molar refractivity (Wildman–Crippen MR) is 94.6 cm³/mol. The van der Waals surface area contributed by atoms with E-state index in [9.17, 15) is 14.0 Å². The summed E-state index contributed by atoms with van der Waals surface area (Å²) in [7, 11) is 0. The van der Waals surface area contributed by atoms with E-state index in [4.69, 9.17) is 0 Å². The van der Waals surface area contributed by atoms with Gasteiger partial charge in [-0.05, 0) is 18.1 Å². The summed E-state index contributed by atoms with van der Waals surface area (Å²) in [6.07, 6.45) is 0.721. The van der Waals surface area contributed by atoms with E-state index in [0.29, 0.717) is 29.9 Å². The van der Waals surface area contributed by atoms with Crippen molar-refractivity contribution in [3.63, 3.8) is 0 Å². The number of hydrogen-bond acceptors (Lipinski definition) is 2. The topological polar surface area (TPSA) is 61.4 Å². The maximum absolute atomic E-state index is 14.2. The highest BCUT2D eigenvalue weighted by molar-refractivity contribution is 6.01. The van der Waals surface area contributed by atoms with Gasteiger partial charge in [0, 0.05) is 12.1 Å². The van der Waals surface area contributed by atoms with Crippen molar-refractivity contribution in [3.8, 4) is 0 Å². The molecule has 0 unspecified atom stereocenters. The van der Waals surface area contributed by atoms with Crippen LogP contribution in [0.3, 0.4) is 0 Å². The van der Waals surface area contributed by atoms with Gasteiger partial charge in [-0.1, -0.05) is 48.5 Å². The van der Waals surface area contributed by atoms with Crippen molar-refractivity contribution in [1.82, 2.24) is 15.5 Å². The molecule has 3 amide bonds. The Hall–Kier alpha value is -3.15. The minimum absolute atomic E-state index is 0.170. The molecule has 0 spiro atoms. The molecule has 26 heavy (non-hydrogen) atoms. The van der Waals surface area contributed by atoms with Gasteiger partial charge in [0.25, 0.3) is 5.91 Å². The highest BCUT2D eigenvalue weighted by Gasteiger charge is 2.40. The lowest BCUT2D eigenvalue weighted by Crippen LogP contribution is -2.44. The van der Waals surface area contributed by atoms with Crippen molar-refractivity contribution in [2.45, 2.75) is 12.5 Å². The summed E-state index contributed by atoms with van der Waals surface area (Å²) in [5, 5.41) is 5.37. The van der Waals surface area contributed by atoms with Crippen LogP contribution in [0.5, 0.6) is 0 Å². The molecule has 0 radical (unpaired) electrons. The van der Waals surface area contributed by atoms with E-state index < -0.39 is 17.9 Å². The molecule has 1 atom stereocenters. The summed E-state index contributed by atoms with van der Waals surface area (Å²) in [4.78, 5) is 26.6. The Labute approximate surface area is 150 Å². The molecule has 132 valence electrons. The van der Waals surface area contributed by atoms with Crippen LogP contribution in [-0.2, 0) is 11.2 Å². The quantitative estimate of drug-likeness (QED) is 0.889. The summed E-state index contributed by atoms with van der Waals surface area (Å²) in [6.45, 7) is 0.870. The van der Waals surface area contributed by atoms with Gasteiger partial charge in [-0.2, -0.15) is 0 Å². The highest BCUT2D eigenvalue weighted by Crippen LogP contribution is 2.33. The van der Waals surface area contributed by atoms with Crippen LogP contribution in [0.4, 0.5) is 9.18 Å². The van der Waals surface area contributed by atoms with Crippen LogP contribution >= 0.6 is 0 Å². The first kappa shape index (κ1) is 16.3. The Kier molecular flexibility index (Phi) is 4.16. The van der Waals surface area contributed by atoms with Gasteiger partial charge < -0.3 is 15.5 Å². The van der Waals surface area contributed by atoms with Crippen LogP contribution < -0.4 is 10.6 Å². The van der Waals surface area contributed by atoms with Gasteiger partial charge >= 0.3 is 6.03 Å². The van der Waals surface area contributed by atoms with Crippen molar-refractivity contribution in [3.05, 3.63) is 82.8 Å². The molecule has 2 aromatic rings. The van der Waals surface area contributed by atoms with Gasteiger partial charge in [-0.25, -0.2) is 9.18 Å². The Morgan fingerprint density at radius 2 is 1.77 bits per heavy atom. The molecule has 0 fully saturated rings. The van der Waals surface area contributed by atoms with E-state index in [1.165, 1.54) is 6.07 Å². The standard InChI is InChI=1S/C20H18FN3O2/c21-15-9-5-4-8-14(15)18-17-16(22-20(26)23-18)12-24(19(17)25)11-10-13-6-2-1-3-7-13/h1-9,18H,10-12H2,(H2,22,23,26)/t18-/m0/s1. The SMILES string of the molecule is O=C1NC2=C(C(=O)N(CCc3ccccc3)C2)[C@H](c2ccccc2F)N1. The van der Waals surface area contributed by atoms with Crippen molar-refractivity contribution in [1.29, 1.82) is 0 Å². The monoisotopic (exact) mass is 351 g/mol. The molecule has 0 bridgehead atoms.